The summed E-state index contributed by atoms with van der Waals surface area (Å²) in [5, 5.41) is 15.6. The number of carbonyl (C=O) groups excluding carboxylic acids is 1. The molecule has 0 aliphatic heterocycles. The topological polar surface area (TPSA) is 118 Å². The van der Waals surface area contributed by atoms with E-state index in [4.69, 9.17) is 14.9 Å². The van der Waals surface area contributed by atoms with Crippen LogP contribution in [0.3, 0.4) is 0 Å². The third-order valence-electron chi connectivity index (χ3n) is 5.82. The highest BCUT2D eigenvalue weighted by atomic mass is 16.5. The molecule has 1 fully saturated rings. The summed E-state index contributed by atoms with van der Waals surface area (Å²) in [4.78, 5) is 31.0. The van der Waals surface area contributed by atoms with Crippen LogP contribution in [-0.2, 0) is 0 Å². The van der Waals surface area contributed by atoms with Crippen molar-refractivity contribution >= 4 is 28.4 Å². The minimum atomic E-state index is -0.512. The van der Waals surface area contributed by atoms with Gasteiger partial charge in [0, 0.05) is 18.3 Å². The maximum absolute atomic E-state index is 13.3. The molecule has 0 spiro atoms. The van der Waals surface area contributed by atoms with Crippen molar-refractivity contribution in [2.24, 2.45) is 0 Å². The molecule has 4 aromatic rings. The van der Waals surface area contributed by atoms with Crippen molar-refractivity contribution in [2.75, 3.05) is 5.32 Å². The molecule has 4 heterocycles. The summed E-state index contributed by atoms with van der Waals surface area (Å²) >= 11 is 0. The summed E-state index contributed by atoms with van der Waals surface area (Å²) in [6, 6.07) is 8.43. The molecule has 1 amide bonds. The maximum atomic E-state index is 13.3. The van der Waals surface area contributed by atoms with Gasteiger partial charge in [-0.3, -0.25) is 19.4 Å². The van der Waals surface area contributed by atoms with E-state index in [1.165, 1.54) is 10.5 Å². The van der Waals surface area contributed by atoms with E-state index in [1.54, 1.807) is 35.9 Å². The van der Waals surface area contributed by atoms with Crippen LogP contribution in [-0.4, -0.2) is 25.0 Å². The Bertz CT molecular complexity index is 1420. The molecule has 1 aliphatic rings. The Kier molecular flexibility index (Phi) is 4.65. The molecule has 0 radical (unpaired) electrons. The Hall–Kier alpha value is -3.75. The number of rotatable bonds is 3. The fraction of sp³-hybridized carbons (Fsp3) is 0.318. The van der Waals surface area contributed by atoms with Gasteiger partial charge in [-0.2, -0.15) is 0 Å². The van der Waals surface area contributed by atoms with Crippen molar-refractivity contribution in [3.05, 3.63) is 63.7 Å². The zero-order valence-electron chi connectivity index (χ0n) is 17.1. The van der Waals surface area contributed by atoms with Gasteiger partial charge in [0.05, 0.1) is 10.9 Å². The molecule has 9 nitrogen and oxygen atoms in total. The van der Waals surface area contributed by atoms with Crippen LogP contribution >= 0.6 is 0 Å². The standard InChI is InChI=1S/C22H22N6O3/c1-13-11-17(26-31-13)24-21(29)15-12-16-20(25-18-9-5-6-10-27(18)22(16)30)28(19(15)23)14-7-3-2-4-8-14/h5-6,9-12,14,23H,2-4,7-8H2,1H3,(H,24,26,29). The number of aromatic nitrogens is 4. The molecule has 5 rings (SSSR count). The van der Waals surface area contributed by atoms with Crippen LogP contribution in [0, 0.1) is 12.3 Å². The number of pyridine rings is 2. The summed E-state index contributed by atoms with van der Waals surface area (Å²) < 4.78 is 8.24. The lowest BCUT2D eigenvalue weighted by Crippen LogP contribution is -2.35. The van der Waals surface area contributed by atoms with E-state index in [0.29, 0.717) is 22.4 Å². The van der Waals surface area contributed by atoms with Crippen molar-refractivity contribution in [1.82, 2.24) is 19.1 Å². The Balaban J connectivity index is 1.76. The third kappa shape index (κ3) is 3.31. The van der Waals surface area contributed by atoms with Gasteiger partial charge in [-0.25, -0.2) is 4.98 Å². The summed E-state index contributed by atoms with van der Waals surface area (Å²) in [5.41, 5.74) is 0.843. The summed E-state index contributed by atoms with van der Waals surface area (Å²) in [6.07, 6.45) is 6.65. The molecule has 1 saturated carbocycles. The van der Waals surface area contributed by atoms with Crippen molar-refractivity contribution in [1.29, 1.82) is 5.41 Å². The second-order valence-corrected chi connectivity index (χ2v) is 7.93. The SMILES string of the molecule is Cc1cc(NC(=O)c2cc3c(=O)n4ccccc4nc3n(C3CCCCC3)c2=N)no1. The Morgan fingerprint density at radius 1 is 1.23 bits per heavy atom. The van der Waals surface area contributed by atoms with E-state index in [0.717, 1.165) is 32.1 Å². The Morgan fingerprint density at radius 2 is 2.03 bits per heavy atom. The van der Waals surface area contributed by atoms with Crippen LogP contribution in [0.2, 0.25) is 0 Å². The highest BCUT2D eigenvalue weighted by molar-refractivity contribution is 6.05. The van der Waals surface area contributed by atoms with Gasteiger partial charge in [0.1, 0.15) is 22.5 Å². The minimum absolute atomic E-state index is 0.0175. The smallest absolute Gasteiger partial charge is 0.267 e. The first kappa shape index (κ1) is 19.2. The molecule has 0 aromatic carbocycles. The van der Waals surface area contributed by atoms with E-state index in [1.807, 2.05) is 6.07 Å². The first-order chi connectivity index (χ1) is 15.0. The van der Waals surface area contributed by atoms with Crippen LogP contribution in [0.1, 0.15) is 54.3 Å². The molecule has 0 atom stereocenters. The van der Waals surface area contributed by atoms with Crippen molar-refractivity contribution in [3.63, 3.8) is 0 Å². The molecule has 9 heteroatoms. The third-order valence-corrected chi connectivity index (χ3v) is 5.82. The van der Waals surface area contributed by atoms with Gasteiger partial charge in [0.2, 0.25) is 0 Å². The molecular formula is C22H22N6O3. The van der Waals surface area contributed by atoms with E-state index in [9.17, 15) is 9.59 Å². The van der Waals surface area contributed by atoms with E-state index < -0.39 is 5.91 Å². The fourth-order valence-electron chi connectivity index (χ4n) is 4.33. The summed E-state index contributed by atoms with van der Waals surface area (Å²) in [6.45, 7) is 1.73. The van der Waals surface area contributed by atoms with Gasteiger partial charge in [-0.1, -0.05) is 30.5 Å². The number of aryl methyl sites for hydroxylation is 1. The van der Waals surface area contributed by atoms with Crippen molar-refractivity contribution < 1.29 is 9.32 Å². The second-order valence-electron chi connectivity index (χ2n) is 7.93. The number of hydrogen-bond donors (Lipinski definition) is 2. The number of nitrogens with zero attached hydrogens (tertiary/aromatic N) is 4. The fourth-order valence-corrected chi connectivity index (χ4v) is 4.33. The average Bonchev–Trinajstić information content (AvgIpc) is 3.18. The van der Waals surface area contributed by atoms with Crippen LogP contribution in [0.15, 0.2) is 45.8 Å². The van der Waals surface area contributed by atoms with Gasteiger partial charge in [0.15, 0.2) is 5.82 Å². The summed E-state index contributed by atoms with van der Waals surface area (Å²) in [5.74, 6) is 0.313. The van der Waals surface area contributed by atoms with Crippen molar-refractivity contribution in [3.8, 4) is 0 Å². The Morgan fingerprint density at radius 3 is 2.77 bits per heavy atom. The molecule has 2 N–H and O–H groups in total. The largest absolute Gasteiger partial charge is 0.360 e. The monoisotopic (exact) mass is 418 g/mol. The molecule has 0 bridgehead atoms. The first-order valence-corrected chi connectivity index (χ1v) is 10.4. The normalized spacial score (nSPS) is 14.9. The Labute approximate surface area is 176 Å². The average molecular weight is 418 g/mol. The van der Waals surface area contributed by atoms with Gasteiger partial charge < -0.3 is 14.4 Å². The maximum Gasteiger partial charge on any atom is 0.267 e. The summed E-state index contributed by atoms with van der Waals surface area (Å²) in [7, 11) is 0. The number of anilines is 1. The minimum Gasteiger partial charge on any atom is -0.360 e. The molecule has 1 aliphatic carbocycles. The molecule has 158 valence electrons. The van der Waals surface area contributed by atoms with E-state index >= 15 is 0 Å². The van der Waals surface area contributed by atoms with Gasteiger partial charge in [-0.05, 0) is 38.0 Å². The predicted molar refractivity (Wildman–Crippen MR) is 114 cm³/mol. The number of amides is 1. The lowest BCUT2D eigenvalue weighted by Gasteiger charge is -2.26. The number of nitrogens with one attached hydrogen (secondary N) is 2. The zero-order valence-corrected chi connectivity index (χ0v) is 17.1. The number of hydrogen-bond acceptors (Lipinski definition) is 6. The van der Waals surface area contributed by atoms with Crippen molar-refractivity contribution in [2.45, 2.75) is 45.1 Å². The van der Waals surface area contributed by atoms with Gasteiger partial charge >= 0.3 is 0 Å². The van der Waals surface area contributed by atoms with Crippen LogP contribution in [0.4, 0.5) is 5.82 Å². The van der Waals surface area contributed by atoms with Crippen LogP contribution in [0.5, 0.6) is 0 Å². The van der Waals surface area contributed by atoms with Gasteiger partial charge in [0.25, 0.3) is 11.5 Å². The lowest BCUT2D eigenvalue weighted by molar-refractivity contribution is 0.102. The number of carbonyl (C=O) groups is 1. The van der Waals surface area contributed by atoms with Gasteiger partial charge in [-0.15, -0.1) is 0 Å². The zero-order chi connectivity index (χ0) is 21.5. The molecule has 0 unspecified atom stereocenters. The molecule has 0 saturated heterocycles. The highest BCUT2D eigenvalue weighted by Gasteiger charge is 2.24. The molecule has 31 heavy (non-hydrogen) atoms. The molecular weight excluding hydrogens is 396 g/mol. The number of fused-ring (bicyclic) bond motifs is 2. The predicted octanol–water partition coefficient (Wildman–Crippen LogP) is 3.18. The first-order valence-electron chi connectivity index (χ1n) is 10.4. The van der Waals surface area contributed by atoms with E-state index in [-0.39, 0.29) is 28.5 Å². The highest BCUT2D eigenvalue weighted by Crippen LogP contribution is 2.29. The van der Waals surface area contributed by atoms with Crippen LogP contribution in [0.25, 0.3) is 16.7 Å². The second kappa shape index (κ2) is 7.50. The van der Waals surface area contributed by atoms with E-state index in [2.05, 4.69) is 10.5 Å². The van der Waals surface area contributed by atoms with Crippen LogP contribution < -0.4 is 16.4 Å². The molecule has 4 aromatic heterocycles. The lowest BCUT2D eigenvalue weighted by atomic mass is 9.94. The quantitative estimate of drug-likeness (QED) is 0.495.